The molecule has 0 atom stereocenters. The van der Waals surface area contributed by atoms with Crippen molar-refractivity contribution in [3.8, 4) is 0 Å². The van der Waals surface area contributed by atoms with E-state index in [0.29, 0.717) is 10.6 Å². The average molecular weight is 402 g/mol. The lowest BCUT2D eigenvalue weighted by Gasteiger charge is -2.36. The zero-order chi connectivity index (χ0) is 19.9. The van der Waals surface area contributed by atoms with E-state index < -0.39 is 0 Å². The van der Waals surface area contributed by atoms with Crippen LogP contribution in [0.5, 0.6) is 0 Å². The molecule has 1 aliphatic heterocycles. The van der Waals surface area contributed by atoms with Gasteiger partial charge in [-0.2, -0.15) is 0 Å². The molecule has 1 aliphatic rings. The number of amides is 1. The van der Waals surface area contributed by atoms with Crippen LogP contribution in [0.25, 0.3) is 0 Å². The molecule has 150 valence electrons. The quantitative estimate of drug-likeness (QED) is 0.749. The number of aliphatic hydroxyl groups is 1. The van der Waals surface area contributed by atoms with Crippen molar-refractivity contribution in [2.45, 2.75) is 13.3 Å². The highest BCUT2D eigenvalue weighted by atomic mass is 35.5. The maximum Gasteiger partial charge on any atom is 0.251 e. The number of carbonyl (C=O) groups excluding carboxylic acids is 1. The predicted octanol–water partition coefficient (Wildman–Crippen LogP) is 2.74. The molecule has 0 spiro atoms. The van der Waals surface area contributed by atoms with Gasteiger partial charge in [-0.25, -0.2) is 0 Å². The second-order valence-corrected chi connectivity index (χ2v) is 7.62. The van der Waals surface area contributed by atoms with Crippen LogP contribution in [0.2, 0.25) is 5.02 Å². The summed E-state index contributed by atoms with van der Waals surface area (Å²) < 4.78 is 0. The fourth-order valence-electron chi connectivity index (χ4n) is 3.43. The summed E-state index contributed by atoms with van der Waals surface area (Å²) in [5.74, 6) is -0.219. The Morgan fingerprint density at radius 3 is 2.46 bits per heavy atom. The Labute approximate surface area is 171 Å². The summed E-state index contributed by atoms with van der Waals surface area (Å²) in [6, 6.07) is 14.2. The number of carbonyl (C=O) groups is 1. The lowest BCUT2D eigenvalue weighted by molar-refractivity contribution is 0.0945. The van der Waals surface area contributed by atoms with E-state index >= 15 is 0 Å². The number of anilines is 1. The number of hydrogen-bond acceptors (Lipinski definition) is 4. The summed E-state index contributed by atoms with van der Waals surface area (Å²) >= 11 is 6.45. The van der Waals surface area contributed by atoms with E-state index in [0.717, 1.165) is 44.8 Å². The minimum atomic E-state index is -0.219. The first-order valence-corrected chi connectivity index (χ1v) is 10.2. The Balaban J connectivity index is 1.51. The number of piperazine rings is 1. The molecule has 1 saturated heterocycles. The zero-order valence-corrected chi connectivity index (χ0v) is 17.1. The Hall–Kier alpha value is -2.08. The normalized spacial score (nSPS) is 14.9. The summed E-state index contributed by atoms with van der Waals surface area (Å²) in [6.45, 7) is 7.18. The molecule has 1 amide bonds. The first-order valence-electron chi connectivity index (χ1n) is 9.78. The minimum Gasteiger partial charge on any atom is -0.395 e. The molecule has 6 heteroatoms. The molecule has 1 fully saturated rings. The number of aryl methyl sites for hydroxylation is 1. The average Bonchev–Trinajstić information content (AvgIpc) is 2.72. The van der Waals surface area contributed by atoms with Crippen LogP contribution < -0.4 is 10.2 Å². The molecule has 0 unspecified atom stereocenters. The van der Waals surface area contributed by atoms with Gasteiger partial charge in [-0.05, 0) is 37.1 Å². The SMILES string of the molecule is Cc1ccc(CCN2CCN(c3ccc(C(=O)NCCO)cc3Cl)CC2)cc1. The fraction of sp³-hybridized carbons (Fsp3) is 0.409. The number of nitrogens with one attached hydrogen (secondary N) is 1. The van der Waals surface area contributed by atoms with Crippen molar-refractivity contribution >= 4 is 23.2 Å². The third-order valence-corrected chi connectivity index (χ3v) is 5.46. The van der Waals surface area contributed by atoms with Gasteiger partial charge in [-0.1, -0.05) is 41.4 Å². The van der Waals surface area contributed by atoms with Gasteiger partial charge in [0.05, 0.1) is 17.3 Å². The number of benzene rings is 2. The monoisotopic (exact) mass is 401 g/mol. The Morgan fingerprint density at radius 2 is 1.82 bits per heavy atom. The molecule has 1 heterocycles. The van der Waals surface area contributed by atoms with Crippen LogP contribution in [0.4, 0.5) is 5.69 Å². The molecule has 0 radical (unpaired) electrons. The number of aliphatic hydroxyl groups excluding tert-OH is 1. The third-order valence-electron chi connectivity index (χ3n) is 5.16. The van der Waals surface area contributed by atoms with Gasteiger partial charge in [0.2, 0.25) is 0 Å². The van der Waals surface area contributed by atoms with Crippen molar-refractivity contribution in [3.05, 3.63) is 64.2 Å². The highest BCUT2D eigenvalue weighted by Gasteiger charge is 2.19. The predicted molar refractivity (Wildman–Crippen MR) is 114 cm³/mol. The van der Waals surface area contributed by atoms with Crippen molar-refractivity contribution in [3.63, 3.8) is 0 Å². The maximum atomic E-state index is 12.0. The van der Waals surface area contributed by atoms with E-state index in [1.807, 2.05) is 6.07 Å². The summed E-state index contributed by atoms with van der Waals surface area (Å²) in [6.07, 6.45) is 1.07. The first kappa shape index (κ1) is 20.6. The Morgan fingerprint density at radius 1 is 1.11 bits per heavy atom. The smallest absolute Gasteiger partial charge is 0.251 e. The van der Waals surface area contributed by atoms with Crippen molar-refractivity contribution < 1.29 is 9.90 Å². The molecule has 2 N–H and O–H groups in total. The highest BCUT2D eigenvalue weighted by Crippen LogP contribution is 2.28. The second kappa shape index (κ2) is 9.92. The zero-order valence-electron chi connectivity index (χ0n) is 16.3. The van der Waals surface area contributed by atoms with E-state index in [1.165, 1.54) is 11.1 Å². The fourth-order valence-corrected chi connectivity index (χ4v) is 3.73. The molecular weight excluding hydrogens is 374 g/mol. The highest BCUT2D eigenvalue weighted by molar-refractivity contribution is 6.33. The number of rotatable bonds is 7. The van der Waals surface area contributed by atoms with Gasteiger partial charge in [0.25, 0.3) is 5.91 Å². The topological polar surface area (TPSA) is 55.8 Å². The van der Waals surface area contributed by atoms with Crippen LogP contribution in [0.15, 0.2) is 42.5 Å². The van der Waals surface area contributed by atoms with Crippen molar-refractivity contribution in [2.75, 3.05) is 50.8 Å². The van der Waals surface area contributed by atoms with Gasteiger partial charge in [0.15, 0.2) is 0 Å². The third kappa shape index (κ3) is 5.47. The van der Waals surface area contributed by atoms with Crippen LogP contribution in [0.3, 0.4) is 0 Å². The van der Waals surface area contributed by atoms with Gasteiger partial charge in [0, 0.05) is 44.8 Å². The van der Waals surface area contributed by atoms with Gasteiger partial charge >= 0.3 is 0 Å². The second-order valence-electron chi connectivity index (χ2n) is 7.21. The molecule has 2 aromatic carbocycles. The lowest BCUT2D eigenvalue weighted by atomic mass is 10.1. The van der Waals surface area contributed by atoms with Gasteiger partial charge in [-0.3, -0.25) is 9.69 Å². The van der Waals surface area contributed by atoms with Crippen molar-refractivity contribution in [2.24, 2.45) is 0 Å². The standard InChI is InChI=1S/C22H28ClN3O2/c1-17-2-4-18(5-3-17)8-10-25-11-13-26(14-12-25)21-7-6-19(16-20(21)23)22(28)24-9-15-27/h2-7,16,27H,8-15H2,1H3,(H,24,28). The molecular formula is C22H28ClN3O2. The molecule has 28 heavy (non-hydrogen) atoms. The molecule has 0 aromatic heterocycles. The Bertz CT molecular complexity index is 787. The van der Waals surface area contributed by atoms with Gasteiger partial charge in [-0.15, -0.1) is 0 Å². The number of halogens is 1. The van der Waals surface area contributed by atoms with E-state index in [9.17, 15) is 4.79 Å². The van der Waals surface area contributed by atoms with Crippen molar-refractivity contribution in [1.82, 2.24) is 10.2 Å². The van der Waals surface area contributed by atoms with E-state index in [2.05, 4.69) is 46.3 Å². The van der Waals surface area contributed by atoms with E-state index in [4.69, 9.17) is 16.7 Å². The molecule has 0 bridgehead atoms. The number of hydrogen-bond donors (Lipinski definition) is 2. The first-order chi connectivity index (χ1) is 13.6. The maximum absolute atomic E-state index is 12.0. The van der Waals surface area contributed by atoms with Crippen LogP contribution in [-0.4, -0.2) is 61.8 Å². The van der Waals surface area contributed by atoms with Crippen molar-refractivity contribution in [1.29, 1.82) is 0 Å². The molecule has 0 saturated carbocycles. The van der Waals surface area contributed by atoms with Crippen LogP contribution in [0, 0.1) is 6.92 Å². The van der Waals surface area contributed by atoms with E-state index in [1.54, 1.807) is 12.1 Å². The molecule has 0 aliphatic carbocycles. The van der Waals surface area contributed by atoms with Gasteiger partial charge < -0.3 is 15.3 Å². The number of nitrogens with zero attached hydrogens (tertiary/aromatic N) is 2. The van der Waals surface area contributed by atoms with Gasteiger partial charge in [0.1, 0.15) is 0 Å². The lowest BCUT2D eigenvalue weighted by Crippen LogP contribution is -2.47. The summed E-state index contributed by atoms with van der Waals surface area (Å²) in [5, 5.41) is 12.0. The summed E-state index contributed by atoms with van der Waals surface area (Å²) in [4.78, 5) is 16.8. The molecule has 5 nitrogen and oxygen atoms in total. The molecule has 2 aromatic rings. The van der Waals surface area contributed by atoms with Crippen LogP contribution >= 0.6 is 11.6 Å². The Kier molecular flexibility index (Phi) is 7.31. The largest absolute Gasteiger partial charge is 0.395 e. The van der Waals surface area contributed by atoms with Crippen LogP contribution in [0.1, 0.15) is 21.5 Å². The minimum absolute atomic E-state index is 0.0776. The molecule has 3 rings (SSSR count). The van der Waals surface area contributed by atoms with Crippen LogP contribution in [-0.2, 0) is 6.42 Å². The summed E-state index contributed by atoms with van der Waals surface area (Å²) in [5.41, 5.74) is 4.16. The van der Waals surface area contributed by atoms with E-state index in [-0.39, 0.29) is 19.1 Å². The summed E-state index contributed by atoms with van der Waals surface area (Å²) in [7, 11) is 0.